The van der Waals surface area contributed by atoms with Crippen LogP contribution in [0, 0.1) is 17.8 Å². The highest BCUT2D eigenvalue weighted by Crippen LogP contribution is 2.40. The molecular formula is C28H28Cl3F3N6O. The van der Waals surface area contributed by atoms with Gasteiger partial charge in [-0.1, -0.05) is 53.9 Å². The van der Waals surface area contributed by atoms with Gasteiger partial charge >= 0.3 is 6.18 Å². The molecule has 3 aromatic rings. The normalized spacial score (nSPS) is 21.7. The van der Waals surface area contributed by atoms with Crippen molar-refractivity contribution >= 4 is 63.4 Å². The molecular weight excluding hydrogens is 600 g/mol. The van der Waals surface area contributed by atoms with Gasteiger partial charge in [-0.2, -0.15) is 13.2 Å². The molecule has 1 fully saturated rings. The Labute approximate surface area is 250 Å². The molecule has 1 aliphatic carbocycles. The van der Waals surface area contributed by atoms with Crippen LogP contribution in [0.4, 0.5) is 24.8 Å². The summed E-state index contributed by atoms with van der Waals surface area (Å²) in [6.07, 6.45) is -0.311. The molecule has 0 spiro atoms. The number of halogens is 6. The van der Waals surface area contributed by atoms with Crippen LogP contribution in [-0.4, -0.2) is 46.3 Å². The standard InChI is InChI=1S/C28H28Cl3F3N6O/c1-15-10-19(30)25(24(31)17(15)13-36-26(41)20-7-3-4-8-35-20)38-27-37-21-11-18(29)22(12-23(21)39(27)2)40-9-5-6-16(14-40)28(32,33)34/h3-4,7-8,10-12,15-17H,5-6,9,13-14H2,1-2H3,(H,36,41)(H,37,38). The highest BCUT2D eigenvalue weighted by molar-refractivity contribution is 6.36. The number of alkyl halides is 3. The smallest absolute Gasteiger partial charge is 0.370 e. The lowest BCUT2D eigenvalue weighted by molar-refractivity contribution is -0.175. The van der Waals surface area contributed by atoms with Crippen LogP contribution in [0.25, 0.3) is 11.0 Å². The first-order valence-electron chi connectivity index (χ1n) is 13.1. The third-order valence-corrected chi connectivity index (χ3v) is 8.73. The second kappa shape index (κ2) is 11.7. The molecule has 1 amide bonds. The summed E-state index contributed by atoms with van der Waals surface area (Å²) in [6, 6.07) is 8.52. The Morgan fingerprint density at radius 3 is 2.68 bits per heavy atom. The van der Waals surface area contributed by atoms with E-state index in [1.54, 1.807) is 53.0 Å². The van der Waals surface area contributed by atoms with Gasteiger partial charge in [-0.05, 0) is 43.0 Å². The summed E-state index contributed by atoms with van der Waals surface area (Å²) in [6.45, 7) is 2.57. The van der Waals surface area contributed by atoms with E-state index >= 15 is 0 Å². The molecule has 218 valence electrons. The predicted octanol–water partition coefficient (Wildman–Crippen LogP) is 7.08. The van der Waals surface area contributed by atoms with Crippen LogP contribution in [0.2, 0.25) is 5.02 Å². The van der Waals surface area contributed by atoms with E-state index in [2.05, 4.69) is 20.6 Å². The molecule has 7 nitrogen and oxygen atoms in total. The third-order valence-electron chi connectivity index (χ3n) is 7.64. The van der Waals surface area contributed by atoms with Crippen molar-refractivity contribution in [1.82, 2.24) is 19.9 Å². The minimum Gasteiger partial charge on any atom is -0.370 e. The minimum absolute atomic E-state index is 0.0588. The molecule has 0 saturated carbocycles. The molecule has 3 unspecified atom stereocenters. The number of hydrogen-bond donors (Lipinski definition) is 2. The fourth-order valence-corrected chi connectivity index (χ4v) is 6.38. The Balaban J connectivity index is 1.39. The number of nitrogens with one attached hydrogen (secondary N) is 2. The molecule has 1 saturated heterocycles. The first kappa shape index (κ1) is 29.5. The topological polar surface area (TPSA) is 75.1 Å². The average Bonchev–Trinajstić information content (AvgIpc) is 3.23. The van der Waals surface area contributed by atoms with Gasteiger partial charge in [-0.25, -0.2) is 4.98 Å². The lowest BCUT2D eigenvalue weighted by atomic mass is 9.88. The van der Waals surface area contributed by atoms with Crippen LogP contribution in [0.5, 0.6) is 0 Å². The molecule has 1 aromatic carbocycles. The monoisotopic (exact) mass is 626 g/mol. The van der Waals surface area contributed by atoms with E-state index in [4.69, 9.17) is 34.8 Å². The summed E-state index contributed by atoms with van der Waals surface area (Å²) in [4.78, 5) is 23.0. The minimum atomic E-state index is -4.25. The first-order valence-corrected chi connectivity index (χ1v) is 14.3. The van der Waals surface area contributed by atoms with E-state index in [1.165, 1.54) is 0 Å². The fraction of sp³-hybridized carbons (Fsp3) is 0.393. The molecule has 3 heterocycles. The summed E-state index contributed by atoms with van der Waals surface area (Å²) in [5, 5.41) is 7.28. The number of carbonyl (C=O) groups excluding carboxylic acids is 1. The molecule has 2 aliphatic rings. The summed E-state index contributed by atoms with van der Waals surface area (Å²) in [5.41, 5.74) is 2.54. The fourth-order valence-electron chi connectivity index (χ4n) is 5.28. The van der Waals surface area contributed by atoms with Gasteiger partial charge in [0.15, 0.2) is 0 Å². The average molecular weight is 628 g/mol. The van der Waals surface area contributed by atoms with Gasteiger partial charge in [0.1, 0.15) is 5.69 Å². The number of rotatable bonds is 6. The number of imidazole rings is 1. The third kappa shape index (κ3) is 6.15. The number of aryl methyl sites for hydroxylation is 1. The van der Waals surface area contributed by atoms with Gasteiger partial charge in [-0.15, -0.1) is 0 Å². The Bertz CT molecular complexity index is 1520. The van der Waals surface area contributed by atoms with Crippen molar-refractivity contribution in [3.05, 3.63) is 69.1 Å². The zero-order chi connectivity index (χ0) is 29.5. The van der Waals surface area contributed by atoms with Crippen LogP contribution >= 0.6 is 34.8 Å². The highest BCUT2D eigenvalue weighted by atomic mass is 35.5. The predicted molar refractivity (Wildman–Crippen MR) is 156 cm³/mol. The number of pyridine rings is 1. The Kier molecular flexibility index (Phi) is 8.46. The maximum Gasteiger partial charge on any atom is 0.393 e. The quantitative estimate of drug-likeness (QED) is 0.306. The number of benzene rings is 1. The Hall–Kier alpha value is -2.95. The van der Waals surface area contributed by atoms with E-state index in [1.807, 2.05) is 13.0 Å². The molecule has 1 aliphatic heterocycles. The van der Waals surface area contributed by atoms with Crippen molar-refractivity contribution in [2.45, 2.75) is 25.9 Å². The summed E-state index contributed by atoms with van der Waals surface area (Å²) in [5.74, 6) is -1.60. The number of allylic oxidation sites excluding steroid dienone is 2. The lowest BCUT2D eigenvalue weighted by Crippen LogP contribution is -2.41. The van der Waals surface area contributed by atoms with Gasteiger partial charge in [0.25, 0.3) is 5.91 Å². The van der Waals surface area contributed by atoms with Crippen LogP contribution in [0.1, 0.15) is 30.3 Å². The maximum absolute atomic E-state index is 13.4. The molecule has 2 N–H and O–H groups in total. The van der Waals surface area contributed by atoms with Gasteiger partial charge in [0, 0.05) is 43.8 Å². The molecule has 0 radical (unpaired) electrons. The van der Waals surface area contributed by atoms with E-state index < -0.39 is 12.1 Å². The van der Waals surface area contributed by atoms with Crippen LogP contribution in [-0.2, 0) is 7.05 Å². The Morgan fingerprint density at radius 1 is 1.20 bits per heavy atom. The van der Waals surface area contributed by atoms with E-state index in [0.717, 1.165) is 0 Å². The van der Waals surface area contributed by atoms with Gasteiger partial charge in [-0.3, -0.25) is 9.78 Å². The van der Waals surface area contributed by atoms with Crippen molar-refractivity contribution < 1.29 is 18.0 Å². The van der Waals surface area contributed by atoms with E-state index in [9.17, 15) is 18.0 Å². The molecule has 2 aromatic heterocycles. The second-order valence-electron chi connectivity index (χ2n) is 10.4. The molecule has 41 heavy (non-hydrogen) atoms. The number of fused-ring (bicyclic) bond motifs is 1. The first-order chi connectivity index (χ1) is 19.4. The zero-order valence-electron chi connectivity index (χ0n) is 22.3. The molecule has 0 bridgehead atoms. The van der Waals surface area contributed by atoms with Gasteiger partial charge < -0.3 is 20.1 Å². The number of amides is 1. The van der Waals surface area contributed by atoms with Crippen molar-refractivity contribution in [2.24, 2.45) is 24.8 Å². The number of piperidine rings is 1. The SMILES string of the molecule is CC1C=C(Cl)C(Nc2nc3cc(Cl)c(N4CCCC(C(F)(F)F)C4)cc3n2C)=C(Cl)C1CNC(=O)c1ccccn1. The van der Waals surface area contributed by atoms with Crippen LogP contribution < -0.4 is 15.5 Å². The maximum atomic E-state index is 13.4. The molecule has 3 atom stereocenters. The van der Waals surface area contributed by atoms with Crippen LogP contribution in [0.3, 0.4) is 0 Å². The number of carbonyl (C=O) groups is 1. The summed E-state index contributed by atoms with van der Waals surface area (Å²) < 4.78 is 42.0. The zero-order valence-corrected chi connectivity index (χ0v) is 24.5. The lowest BCUT2D eigenvalue weighted by Gasteiger charge is -2.35. The van der Waals surface area contributed by atoms with Crippen molar-refractivity contribution in [3.63, 3.8) is 0 Å². The summed E-state index contributed by atoms with van der Waals surface area (Å²) in [7, 11) is 1.78. The second-order valence-corrected chi connectivity index (χ2v) is 11.6. The number of hydrogen-bond acceptors (Lipinski definition) is 5. The van der Waals surface area contributed by atoms with Crippen molar-refractivity contribution in [3.8, 4) is 0 Å². The van der Waals surface area contributed by atoms with E-state index in [0.29, 0.717) is 62.1 Å². The number of anilines is 2. The van der Waals surface area contributed by atoms with Gasteiger partial charge in [0.05, 0.1) is 38.4 Å². The Morgan fingerprint density at radius 2 is 1.98 bits per heavy atom. The van der Waals surface area contributed by atoms with E-state index in [-0.39, 0.29) is 37.3 Å². The van der Waals surface area contributed by atoms with Crippen LogP contribution in [0.15, 0.2) is 58.4 Å². The largest absolute Gasteiger partial charge is 0.393 e. The van der Waals surface area contributed by atoms with Gasteiger partial charge in [0.2, 0.25) is 5.95 Å². The highest BCUT2D eigenvalue weighted by Gasteiger charge is 2.42. The number of nitrogens with zero attached hydrogens (tertiary/aromatic N) is 4. The number of aromatic nitrogens is 3. The van der Waals surface area contributed by atoms with Crippen molar-refractivity contribution in [1.29, 1.82) is 0 Å². The molecule has 5 rings (SSSR count). The molecule has 13 heteroatoms. The van der Waals surface area contributed by atoms with Crippen molar-refractivity contribution in [2.75, 3.05) is 29.9 Å². The summed E-state index contributed by atoms with van der Waals surface area (Å²) >= 11 is 20.0.